The molecule has 0 fully saturated rings. The van der Waals surface area contributed by atoms with E-state index in [9.17, 15) is 9.90 Å². The molecule has 38 heavy (non-hydrogen) atoms. The summed E-state index contributed by atoms with van der Waals surface area (Å²) in [6.07, 6.45) is 2.67. The van der Waals surface area contributed by atoms with Gasteiger partial charge in [-0.25, -0.2) is 9.78 Å². The van der Waals surface area contributed by atoms with Crippen LogP contribution in [0.15, 0.2) is 48.5 Å². The van der Waals surface area contributed by atoms with Gasteiger partial charge in [-0.1, -0.05) is 44.0 Å². The first-order valence-electron chi connectivity index (χ1n) is 12.8. The molecule has 0 saturated carbocycles. The number of nitrogens with one attached hydrogen (secondary N) is 1. The fraction of sp³-hybridized carbons (Fsp3) is 0.414. The Bertz CT molecular complexity index is 1120. The number of aryl methyl sites for hydroxylation is 1. The largest absolute Gasteiger partial charge is 0.497 e. The smallest absolute Gasteiger partial charge is 0.343 e. The number of aliphatic hydroxyl groups excluding tert-OH is 1. The molecule has 9 heteroatoms. The number of carbonyl (C=O) groups is 1. The van der Waals surface area contributed by atoms with Crippen molar-refractivity contribution in [3.63, 3.8) is 0 Å². The lowest BCUT2D eigenvalue weighted by atomic mass is 10.1. The molecule has 0 spiro atoms. The molecule has 0 aliphatic carbocycles. The van der Waals surface area contributed by atoms with Crippen molar-refractivity contribution in [1.82, 2.24) is 9.97 Å². The normalized spacial score (nSPS) is 11.5. The molecule has 0 unspecified atom stereocenters. The van der Waals surface area contributed by atoms with E-state index in [0.717, 1.165) is 41.9 Å². The van der Waals surface area contributed by atoms with Crippen LogP contribution in [-0.2, 0) is 17.8 Å². The molecule has 0 bridgehead atoms. The molecule has 9 nitrogen and oxygen atoms in total. The molecule has 2 N–H and O–H groups in total. The fourth-order valence-corrected chi connectivity index (χ4v) is 4.10. The second-order valence-electron chi connectivity index (χ2n) is 9.04. The van der Waals surface area contributed by atoms with Gasteiger partial charge < -0.3 is 29.5 Å². The van der Waals surface area contributed by atoms with Crippen molar-refractivity contribution >= 4 is 17.7 Å². The first kappa shape index (κ1) is 28.7. The Hall–Kier alpha value is -3.85. The molecule has 0 saturated heterocycles. The van der Waals surface area contributed by atoms with Crippen molar-refractivity contribution in [2.45, 2.75) is 52.2 Å². The topological polar surface area (TPSA) is 106 Å². The third-order valence-electron chi connectivity index (χ3n) is 6.28. The minimum absolute atomic E-state index is 0.0829. The van der Waals surface area contributed by atoms with Gasteiger partial charge in [0.15, 0.2) is 0 Å². The molecule has 204 valence electrons. The van der Waals surface area contributed by atoms with E-state index in [1.165, 1.54) is 7.11 Å². The Morgan fingerprint density at radius 2 is 1.50 bits per heavy atom. The van der Waals surface area contributed by atoms with E-state index in [2.05, 4.69) is 12.2 Å². The number of hydrogen-bond donors (Lipinski definition) is 2. The molecule has 3 rings (SSSR count). The number of ether oxygens (including phenoxy) is 3. The van der Waals surface area contributed by atoms with E-state index in [0.29, 0.717) is 30.5 Å². The maximum absolute atomic E-state index is 12.7. The van der Waals surface area contributed by atoms with Gasteiger partial charge in [-0.15, -0.1) is 0 Å². The number of aliphatic hydroxyl groups is 1. The fourth-order valence-electron chi connectivity index (χ4n) is 4.10. The number of methoxy groups -OCH3 is 3. The van der Waals surface area contributed by atoms with Gasteiger partial charge >= 0.3 is 5.97 Å². The van der Waals surface area contributed by atoms with E-state index in [1.807, 2.05) is 53.4 Å². The van der Waals surface area contributed by atoms with Crippen molar-refractivity contribution in [3.8, 4) is 11.5 Å². The van der Waals surface area contributed by atoms with Crippen molar-refractivity contribution in [1.29, 1.82) is 0 Å². The SMILES string of the molecule is CCCC[C@@H](CO)Nc1nc(N(Cc2ccc(OC)cc2)Cc2ccc(OC)cc2)nc(C)c1C(=O)OC. The summed E-state index contributed by atoms with van der Waals surface area (Å²) < 4.78 is 15.6. The Labute approximate surface area is 224 Å². The lowest BCUT2D eigenvalue weighted by Gasteiger charge is -2.26. The van der Waals surface area contributed by atoms with Crippen molar-refractivity contribution < 1.29 is 24.1 Å². The van der Waals surface area contributed by atoms with E-state index >= 15 is 0 Å². The third kappa shape index (κ3) is 7.58. The average molecular weight is 523 g/mol. The lowest BCUT2D eigenvalue weighted by molar-refractivity contribution is 0.0600. The second-order valence-corrected chi connectivity index (χ2v) is 9.04. The molecule has 0 aliphatic heterocycles. The highest BCUT2D eigenvalue weighted by Gasteiger charge is 2.24. The first-order valence-corrected chi connectivity index (χ1v) is 12.8. The van der Waals surface area contributed by atoms with Crippen molar-refractivity contribution in [2.75, 3.05) is 38.2 Å². The monoisotopic (exact) mass is 522 g/mol. The van der Waals surface area contributed by atoms with E-state index in [-0.39, 0.29) is 18.2 Å². The van der Waals surface area contributed by atoms with Gasteiger partial charge in [0.2, 0.25) is 5.95 Å². The summed E-state index contributed by atoms with van der Waals surface area (Å²) in [4.78, 5) is 24.2. The quantitative estimate of drug-likeness (QED) is 0.290. The summed E-state index contributed by atoms with van der Waals surface area (Å²) in [5, 5.41) is 13.3. The van der Waals surface area contributed by atoms with E-state index < -0.39 is 5.97 Å². The number of hydrogen-bond acceptors (Lipinski definition) is 9. The minimum Gasteiger partial charge on any atom is -0.497 e. The summed E-state index contributed by atoms with van der Waals surface area (Å²) in [7, 11) is 4.61. The molecular formula is C29H38N4O5. The van der Waals surface area contributed by atoms with Crippen LogP contribution >= 0.6 is 0 Å². The second kappa shape index (κ2) is 14.2. The summed E-state index contributed by atoms with van der Waals surface area (Å²) >= 11 is 0. The Morgan fingerprint density at radius 3 is 1.95 bits per heavy atom. The van der Waals surface area contributed by atoms with E-state index in [4.69, 9.17) is 24.2 Å². The first-order chi connectivity index (χ1) is 18.4. The molecule has 1 heterocycles. The van der Waals surface area contributed by atoms with Crippen LogP contribution in [0.4, 0.5) is 11.8 Å². The predicted molar refractivity (Wildman–Crippen MR) is 148 cm³/mol. The summed E-state index contributed by atoms with van der Waals surface area (Å²) in [5.74, 6) is 1.83. The summed E-state index contributed by atoms with van der Waals surface area (Å²) in [6, 6.07) is 15.4. The number of aromatic nitrogens is 2. The third-order valence-corrected chi connectivity index (χ3v) is 6.28. The number of carbonyl (C=O) groups excluding carboxylic acids is 1. The number of rotatable bonds is 14. The molecule has 0 amide bonds. The molecule has 1 atom stereocenters. The Morgan fingerprint density at radius 1 is 0.947 bits per heavy atom. The van der Waals surface area contributed by atoms with Gasteiger partial charge in [0.25, 0.3) is 0 Å². The van der Waals surface area contributed by atoms with Crippen LogP contribution in [0.3, 0.4) is 0 Å². The molecular weight excluding hydrogens is 484 g/mol. The number of esters is 1. The van der Waals surface area contributed by atoms with Crippen LogP contribution in [0.5, 0.6) is 11.5 Å². The van der Waals surface area contributed by atoms with E-state index in [1.54, 1.807) is 21.1 Å². The maximum atomic E-state index is 12.7. The molecule has 3 aromatic rings. The molecule has 1 aromatic heterocycles. The molecule has 2 aromatic carbocycles. The highest BCUT2D eigenvalue weighted by molar-refractivity contribution is 5.96. The van der Waals surface area contributed by atoms with Gasteiger partial charge in [-0.3, -0.25) is 0 Å². The Kier molecular flexibility index (Phi) is 10.7. The zero-order valence-corrected chi connectivity index (χ0v) is 22.9. The van der Waals surface area contributed by atoms with Crippen LogP contribution in [0.2, 0.25) is 0 Å². The van der Waals surface area contributed by atoms with Crippen LogP contribution in [0.1, 0.15) is 53.4 Å². The van der Waals surface area contributed by atoms with Crippen molar-refractivity contribution in [3.05, 3.63) is 70.9 Å². The number of benzene rings is 2. The highest BCUT2D eigenvalue weighted by Crippen LogP contribution is 2.26. The van der Waals surface area contributed by atoms with Gasteiger partial charge in [0.1, 0.15) is 22.9 Å². The van der Waals surface area contributed by atoms with Crippen LogP contribution in [-0.4, -0.2) is 55.0 Å². The molecule has 0 radical (unpaired) electrons. The van der Waals surface area contributed by atoms with Crippen LogP contribution in [0, 0.1) is 6.92 Å². The Balaban J connectivity index is 2.04. The van der Waals surface area contributed by atoms with Crippen molar-refractivity contribution in [2.24, 2.45) is 0 Å². The van der Waals surface area contributed by atoms with Gasteiger partial charge in [-0.2, -0.15) is 4.98 Å². The zero-order valence-electron chi connectivity index (χ0n) is 22.9. The molecule has 0 aliphatic rings. The van der Waals surface area contributed by atoms with Gasteiger partial charge in [0.05, 0.1) is 39.7 Å². The highest BCUT2D eigenvalue weighted by atomic mass is 16.5. The zero-order chi connectivity index (χ0) is 27.5. The number of unbranched alkanes of at least 4 members (excludes halogenated alkanes) is 1. The van der Waals surface area contributed by atoms with Gasteiger partial charge in [-0.05, 0) is 48.7 Å². The predicted octanol–water partition coefficient (Wildman–Crippen LogP) is 4.76. The van der Waals surface area contributed by atoms with Gasteiger partial charge in [0, 0.05) is 13.1 Å². The lowest BCUT2D eigenvalue weighted by Crippen LogP contribution is -2.29. The minimum atomic E-state index is -0.527. The van der Waals surface area contributed by atoms with Crippen LogP contribution < -0.4 is 19.7 Å². The number of anilines is 2. The average Bonchev–Trinajstić information content (AvgIpc) is 2.95. The maximum Gasteiger partial charge on any atom is 0.343 e. The number of nitrogens with zero attached hydrogens (tertiary/aromatic N) is 3. The summed E-state index contributed by atoms with van der Waals surface area (Å²) in [5.41, 5.74) is 2.85. The van der Waals surface area contributed by atoms with Crippen LogP contribution in [0.25, 0.3) is 0 Å². The summed E-state index contributed by atoms with van der Waals surface area (Å²) in [6.45, 7) is 4.82. The standard InChI is InChI=1S/C29H38N4O5/c1-6-7-8-23(19-34)31-27-26(28(35)38-5)20(2)30-29(32-27)33(17-21-9-13-24(36-3)14-10-21)18-22-11-15-25(37-4)16-12-22/h9-16,23,34H,6-8,17-19H2,1-5H3,(H,30,31,32)/t23-/m0/s1.